The van der Waals surface area contributed by atoms with Crippen molar-refractivity contribution in [2.45, 2.75) is 33.7 Å². The highest BCUT2D eigenvalue weighted by Crippen LogP contribution is 2.26. The number of nitrogens with zero attached hydrogens (tertiary/aromatic N) is 1. The van der Waals surface area contributed by atoms with Crippen LogP contribution < -0.4 is 5.63 Å². The number of halogens is 1. The second kappa shape index (κ2) is 8.50. The van der Waals surface area contributed by atoms with Gasteiger partial charge in [-0.3, -0.25) is 9.69 Å². The fourth-order valence-corrected chi connectivity index (χ4v) is 2.99. The molecular weight excluding hydrogens is 342 g/mol. The third kappa shape index (κ3) is 5.31. The number of benzene rings is 1. The van der Waals surface area contributed by atoms with Crippen molar-refractivity contribution in [2.24, 2.45) is 5.92 Å². The van der Waals surface area contributed by atoms with Crippen molar-refractivity contribution in [2.75, 3.05) is 20.2 Å². The number of esters is 1. The minimum absolute atomic E-state index is 0.246. The lowest BCUT2D eigenvalue weighted by Crippen LogP contribution is -2.30. The van der Waals surface area contributed by atoms with Gasteiger partial charge in [0, 0.05) is 36.1 Å². The number of hydrogen-bond acceptors (Lipinski definition) is 5. The molecule has 1 aromatic heterocycles. The van der Waals surface area contributed by atoms with Crippen LogP contribution in [0.2, 0.25) is 5.02 Å². The van der Waals surface area contributed by atoms with E-state index in [1.807, 2.05) is 13.0 Å². The Morgan fingerprint density at radius 3 is 2.68 bits per heavy atom. The van der Waals surface area contributed by atoms with Crippen LogP contribution in [0.5, 0.6) is 0 Å². The topological polar surface area (TPSA) is 59.8 Å². The zero-order chi connectivity index (χ0) is 18.6. The van der Waals surface area contributed by atoms with E-state index in [1.54, 1.807) is 6.07 Å². The number of fused-ring (bicyclic) bond motifs is 1. The molecule has 0 aliphatic heterocycles. The smallest absolute Gasteiger partial charge is 0.336 e. The molecule has 0 aliphatic carbocycles. The van der Waals surface area contributed by atoms with Crippen LogP contribution in [-0.4, -0.2) is 31.1 Å². The van der Waals surface area contributed by atoms with Gasteiger partial charge in [-0.15, -0.1) is 0 Å². The zero-order valence-electron chi connectivity index (χ0n) is 15.1. The molecule has 2 aromatic rings. The Bertz CT molecular complexity index is 813. The Kier molecular flexibility index (Phi) is 6.62. The van der Waals surface area contributed by atoms with Gasteiger partial charge >= 0.3 is 11.6 Å². The average molecular weight is 366 g/mol. The van der Waals surface area contributed by atoms with Gasteiger partial charge in [0.2, 0.25) is 0 Å². The molecule has 0 N–H and O–H groups in total. The minimum Gasteiger partial charge on any atom is -0.469 e. The Labute approximate surface area is 152 Å². The first-order valence-corrected chi connectivity index (χ1v) is 8.70. The molecule has 0 radical (unpaired) electrons. The summed E-state index contributed by atoms with van der Waals surface area (Å²) < 4.78 is 10.0. The summed E-state index contributed by atoms with van der Waals surface area (Å²) in [7, 11) is 1.38. The fraction of sp³-hybridized carbons (Fsp3) is 0.474. The van der Waals surface area contributed by atoms with E-state index in [4.69, 9.17) is 20.8 Å². The number of aryl methyl sites for hydroxylation is 1. The summed E-state index contributed by atoms with van der Waals surface area (Å²) in [6, 6.07) is 5.11. The molecule has 0 fully saturated rings. The highest BCUT2D eigenvalue weighted by atomic mass is 35.5. The van der Waals surface area contributed by atoms with Crippen molar-refractivity contribution >= 4 is 28.5 Å². The number of ether oxygens (including phenoxy) is 1. The molecule has 2 rings (SSSR count). The van der Waals surface area contributed by atoms with Gasteiger partial charge in [-0.25, -0.2) is 4.79 Å². The maximum Gasteiger partial charge on any atom is 0.336 e. The summed E-state index contributed by atoms with van der Waals surface area (Å²) in [5.74, 6) is 0.180. The normalized spacial score (nSPS) is 11.5. The minimum atomic E-state index is -0.387. The Hall–Kier alpha value is -1.85. The summed E-state index contributed by atoms with van der Waals surface area (Å²) in [4.78, 5) is 25.5. The van der Waals surface area contributed by atoms with Crippen LogP contribution in [0.1, 0.15) is 31.4 Å². The van der Waals surface area contributed by atoms with Gasteiger partial charge in [0.15, 0.2) is 0 Å². The fourth-order valence-electron chi connectivity index (χ4n) is 2.82. The van der Waals surface area contributed by atoms with Crippen molar-refractivity contribution in [3.63, 3.8) is 0 Å². The number of rotatable bonds is 7. The predicted molar refractivity (Wildman–Crippen MR) is 99.0 cm³/mol. The molecule has 0 spiro atoms. The largest absolute Gasteiger partial charge is 0.469 e. The van der Waals surface area contributed by atoms with E-state index in [9.17, 15) is 9.59 Å². The molecule has 25 heavy (non-hydrogen) atoms. The van der Waals surface area contributed by atoms with Crippen LogP contribution in [-0.2, 0) is 16.1 Å². The quantitative estimate of drug-likeness (QED) is 0.552. The summed E-state index contributed by atoms with van der Waals surface area (Å²) >= 11 is 6.25. The lowest BCUT2D eigenvalue weighted by molar-refractivity contribution is -0.141. The van der Waals surface area contributed by atoms with E-state index in [0.717, 1.165) is 23.1 Å². The Morgan fingerprint density at radius 1 is 1.32 bits per heavy atom. The van der Waals surface area contributed by atoms with Crippen molar-refractivity contribution < 1.29 is 13.9 Å². The highest BCUT2D eigenvalue weighted by molar-refractivity contribution is 6.32. The van der Waals surface area contributed by atoms with E-state index in [0.29, 0.717) is 36.0 Å². The Morgan fingerprint density at radius 2 is 2.04 bits per heavy atom. The molecule has 0 bridgehead atoms. The van der Waals surface area contributed by atoms with E-state index in [1.165, 1.54) is 13.2 Å². The molecule has 0 unspecified atom stereocenters. The summed E-state index contributed by atoms with van der Waals surface area (Å²) in [6.07, 6.45) is 0.308. The van der Waals surface area contributed by atoms with Crippen molar-refractivity contribution in [1.29, 1.82) is 0 Å². The zero-order valence-corrected chi connectivity index (χ0v) is 15.9. The molecule has 0 saturated heterocycles. The van der Waals surface area contributed by atoms with Crippen molar-refractivity contribution in [3.05, 3.63) is 44.8 Å². The standard InChI is InChI=1S/C19H24ClNO4/c1-12(2)10-21(6-5-18(22)24-4)11-14-8-19(23)25-17-7-13(3)16(20)9-15(14)17/h7-9,12H,5-6,10-11H2,1-4H3. The van der Waals surface area contributed by atoms with Crippen molar-refractivity contribution in [1.82, 2.24) is 4.90 Å². The van der Waals surface area contributed by atoms with E-state index < -0.39 is 0 Å². The highest BCUT2D eigenvalue weighted by Gasteiger charge is 2.15. The molecule has 5 nitrogen and oxygen atoms in total. The number of carbonyl (C=O) groups excluding carboxylic acids is 1. The molecule has 0 aliphatic rings. The van der Waals surface area contributed by atoms with E-state index >= 15 is 0 Å². The van der Waals surface area contributed by atoms with E-state index in [2.05, 4.69) is 18.7 Å². The molecular formula is C19H24ClNO4. The molecule has 0 amide bonds. The van der Waals surface area contributed by atoms with Crippen LogP contribution in [0.15, 0.2) is 27.4 Å². The van der Waals surface area contributed by atoms with E-state index in [-0.39, 0.29) is 11.6 Å². The number of carbonyl (C=O) groups is 1. The van der Waals surface area contributed by atoms with Gasteiger partial charge in [0.05, 0.1) is 13.5 Å². The third-order valence-corrected chi connectivity index (χ3v) is 4.39. The average Bonchev–Trinajstić information content (AvgIpc) is 2.53. The van der Waals surface area contributed by atoms with Gasteiger partial charge in [0.1, 0.15) is 5.58 Å². The maximum absolute atomic E-state index is 11.9. The summed E-state index contributed by atoms with van der Waals surface area (Å²) in [5, 5.41) is 1.45. The lowest BCUT2D eigenvalue weighted by Gasteiger charge is -2.24. The Balaban J connectivity index is 2.35. The summed E-state index contributed by atoms with van der Waals surface area (Å²) in [5.41, 5.74) is 1.85. The maximum atomic E-state index is 11.9. The second-order valence-corrected chi connectivity index (χ2v) is 7.05. The molecule has 0 saturated carbocycles. The van der Waals surface area contributed by atoms with Crippen molar-refractivity contribution in [3.8, 4) is 0 Å². The molecule has 6 heteroatoms. The molecule has 1 aromatic carbocycles. The van der Waals surface area contributed by atoms with Gasteiger partial charge in [-0.05, 0) is 36.1 Å². The van der Waals surface area contributed by atoms with Gasteiger partial charge in [-0.1, -0.05) is 25.4 Å². The first-order valence-electron chi connectivity index (χ1n) is 8.32. The van der Waals surface area contributed by atoms with Crippen LogP contribution in [0.3, 0.4) is 0 Å². The predicted octanol–water partition coefficient (Wildman–Crippen LogP) is 3.78. The third-order valence-electron chi connectivity index (χ3n) is 3.99. The second-order valence-electron chi connectivity index (χ2n) is 6.64. The molecule has 1 heterocycles. The first-order chi connectivity index (χ1) is 11.8. The molecule has 136 valence electrons. The van der Waals surface area contributed by atoms with Gasteiger partial charge in [-0.2, -0.15) is 0 Å². The van der Waals surface area contributed by atoms with Crippen LogP contribution in [0.4, 0.5) is 0 Å². The van der Waals surface area contributed by atoms with Crippen LogP contribution in [0.25, 0.3) is 11.0 Å². The van der Waals surface area contributed by atoms with Gasteiger partial charge < -0.3 is 9.15 Å². The van der Waals surface area contributed by atoms with Crippen LogP contribution in [0, 0.1) is 12.8 Å². The monoisotopic (exact) mass is 365 g/mol. The van der Waals surface area contributed by atoms with Gasteiger partial charge in [0.25, 0.3) is 0 Å². The number of methoxy groups -OCH3 is 1. The first kappa shape index (κ1) is 19.5. The lowest BCUT2D eigenvalue weighted by atomic mass is 10.1. The summed E-state index contributed by atoms with van der Waals surface area (Å²) in [6.45, 7) is 8.00. The number of hydrogen-bond donors (Lipinski definition) is 0. The van der Waals surface area contributed by atoms with Crippen LogP contribution >= 0.6 is 11.6 Å². The SMILES string of the molecule is COC(=O)CCN(Cc1cc(=O)oc2cc(C)c(Cl)cc12)CC(C)C. The molecule has 0 atom stereocenters.